The van der Waals surface area contributed by atoms with E-state index in [0.717, 1.165) is 12.1 Å². The van der Waals surface area contributed by atoms with Crippen molar-refractivity contribution in [3.63, 3.8) is 0 Å². The largest absolute Gasteiger partial charge is 1.00 e. The Morgan fingerprint density at radius 2 is 1.93 bits per heavy atom. The van der Waals surface area contributed by atoms with Crippen molar-refractivity contribution < 1.29 is 21.9 Å². The zero-order valence-corrected chi connectivity index (χ0v) is 8.39. The van der Waals surface area contributed by atoms with Gasteiger partial charge in [0.15, 0.2) is 0 Å². The van der Waals surface area contributed by atoms with Gasteiger partial charge in [-0.2, -0.15) is 0 Å². The Morgan fingerprint density at radius 3 is 2.43 bits per heavy atom. The summed E-state index contributed by atoms with van der Waals surface area (Å²) in [5, 5.41) is 13.2. The standard InChI is InChI=1S/C10H12FNO.ClH/c11-9-3-1-8(2-4-9)10(13)5-6-12-7-10;/h1-4,12-13H,5-7H2;1H/p-1. The van der Waals surface area contributed by atoms with Gasteiger partial charge in [-0.1, -0.05) is 12.1 Å². The van der Waals surface area contributed by atoms with E-state index in [1.54, 1.807) is 12.1 Å². The van der Waals surface area contributed by atoms with Crippen LogP contribution in [0.15, 0.2) is 24.3 Å². The minimum atomic E-state index is -0.798. The van der Waals surface area contributed by atoms with Gasteiger partial charge in [0, 0.05) is 6.54 Å². The first-order chi connectivity index (χ1) is 6.21. The van der Waals surface area contributed by atoms with Gasteiger partial charge in [-0.15, -0.1) is 0 Å². The van der Waals surface area contributed by atoms with E-state index in [0.29, 0.717) is 13.0 Å². The third-order valence-electron chi connectivity index (χ3n) is 2.51. The zero-order valence-electron chi connectivity index (χ0n) is 7.63. The minimum absolute atomic E-state index is 0. The summed E-state index contributed by atoms with van der Waals surface area (Å²) in [7, 11) is 0. The molecule has 4 heteroatoms. The normalized spacial score (nSPS) is 25.9. The van der Waals surface area contributed by atoms with Crippen LogP contribution in [-0.4, -0.2) is 18.2 Å². The van der Waals surface area contributed by atoms with E-state index in [2.05, 4.69) is 5.32 Å². The van der Waals surface area contributed by atoms with E-state index in [4.69, 9.17) is 0 Å². The van der Waals surface area contributed by atoms with Crippen LogP contribution in [0, 0.1) is 5.82 Å². The predicted octanol–water partition coefficient (Wildman–Crippen LogP) is -1.99. The van der Waals surface area contributed by atoms with Crippen LogP contribution in [-0.2, 0) is 5.60 Å². The number of β-amino-alcohol motifs (C(OH)–C–C–N with tert-alkyl or cyclic N) is 1. The summed E-state index contributed by atoms with van der Waals surface area (Å²) in [5.74, 6) is -0.265. The monoisotopic (exact) mass is 216 g/mol. The molecule has 1 fully saturated rings. The predicted molar refractivity (Wildman–Crippen MR) is 47.8 cm³/mol. The van der Waals surface area contributed by atoms with Crippen molar-refractivity contribution in [2.45, 2.75) is 12.0 Å². The van der Waals surface area contributed by atoms with Crippen LogP contribution in [0.1, 0.15) is 12.0 Å². The number of hydrogen-bond acceptors (Lipinski definition) is 2. The van der Waals surface area contributed by atoms with Crippen LogP contribution >= 0.6 is 0 Å². The maximum atomic E-state index is 12.6. The Bertz CT molecular complexity index is 295. The highest BCUT2D eigenvalue weighted by Crippen LogP contribution is 2.27. The van der Waals surface area contributed by atoms with Crippen LogP contribution in [0.3, 0.4) is 0 Å². The Hall–Kier alpha value is -0.640. The fourth-order valence-electron chi connectivity index (χ4n) is 1.69. The maximum absolute atomic E-state index is 12.6. The van der Waals surface area contributed by atoms with Crippen LogP contribution in [0.25, 0.3) is 0 Å². The van der Waals surface area contributed by atoms with E-state index in [1.165, 1.54) is 12.1 Å². The topological polar surface area (TPSA) is 32.3 Å². The summed E-state index contributed by atoms with van der Waals surface area (Å²) in [6, 6.07) is 6.04. The van der Waals surface area contributed by atoms with Crippen molar-refractivity contribution in [1.82, 2.24) is 5.32 Å². The van der Waals surface area contributed by atoms with Crippen molar-refractivity contribution >= 4 is 0 Å². The van der Waals surface area contributed by atoms with E-state index >= 15 is 0 Å². The molecule has 78 valence electrons. The average Bonchev–Trinajstić information content (AvgIpc) is 2.54. The summed E-state index contributed by atoms with van der Waals surface area (Å²) in [6.07, 6.45) is 0.693. The molecule has 1 heterocycles. The average molecular weight is 217 g/mol. The molecule has 1 aliphatic rings. The first-order valence-electron chi connectivity index (χ1n) is 4.40. The molecule has 1 aromatic carbocycles. The second-order valence-corrected chi connectivity index (χ2v) is 3.47. The minimum Gasteiger partial charge on any atom is -1.00 e. The number of benzene rings is 1. The molecule has 0 aliphatic carbocycles. The molecule has 0 aromatic heterocycles. The summed E-state index contributed by atoms with van der Waals surface area (Å²) < 4.78 is 12.6. The second kappa shape index (κ2) is 4.26. The zero-order chi connectivity index (χ0) is 9.31. The second-order valence-electron chi connectivity index (χ2n) is 3.47. The van der Waals surface area contributed by atoms with Crippen LogP contribution in [0.5, 0.6) is 0 Å². The summed E-state index contributed by atoms with van der Waals surface area (Å²) in [5.41, 5.74) is -0.00727. The molecular weight excluding hydrogens is 205 g/mol. The highest BCUT2D eigenvalue weighted by atomic mass is 35.5. The fourth-order valence-corrected chi connectivity index (χ4v) is 1.69. The number of nitrogens with one attached hydrogen (secondary N) is 1. The summed E-state index contributed by atoms with van der Waals surface area (Å²) in [6.45, 7) is 1.37. The highest BCUT2D eigenvalue weighted by molar-refractivity contribution is 5.24. The molecule has 1 atom stereocenters. The number of aliphatic hydroxyl groups is 1. The number of halogens is 2. The molecular formula is C10H12ClFNO-. The Morgan fingerprint density at radius 1 is 1.29 bits per heavy atom. The SMILES string of the molecule is OC1(c2ccc(F)cc2)CCNC1.[Cl-]. The van der Waals surface area contributed by atoms with Crippen molar-refractivity contribution in [3.05, 3.63) is 35.6 Å². The van der Waals surface area contributed by atoms with Gasteiger partial charge in [0.25, 0.3) is 0 Å². The van der Waals surface area contributed by atoms with Crippen molar-refractivity contribution in [3.8, 4) is 0 Å². The third kappa shape index (κ3) is 2.05. The Labute approximate surface area is 88.5 Å². The lowest BCUT2D eigenvalue weighted by Gasteiger charge is -2.21. The molecule has 0 radical (unpaired) electrons. The molecule has 0 amide bonds. The lowest BCUT2D eigenvalue weighted by Crippen LogP contribution is -3.00. The van der Waals surface area contributed by atoms with E-state index in [1.807, 2.05) is 0 Å². The molecule has 2 nitrogen and oxygen atoms in total. The molecule has 2 rings (SSSR count). The van der Waals surface area contributed by atoms with Gasteiger partial charge in [-0.3, -0.25) is 0 Å². The van der Waals surface area contributed by atoms with Gasteiger partial charge in [0.1, 0.15) is 11.4 Å². The van der Waals surface area contributed by atoms with Gasteiger partial charge in [-0.25, -0.2) is 4.39 Å². The van der Waals surface area contributed by atoms with Crippen molar-refractivity contribution in [2.24, 2.45) is 0 Å². The Balaban J connectivity index is 0.000000980. The van der Waals surface area contributed by atoms with Gasteiger partial charge in [0.2, 0.25) is 0 Å². The maximum Gasteiger partial charge on any atom is 0.123 e. The van der Waals surface area contributed by atoms with Gasteiger partial charge in [0.05, 0.1) is 0 Å². The molecule has 1 saturated heterocycles. The molecule has 0 spiro atoms. The first-order valence-corrected chi connectivity index (χ1v) is 4.40. The highest BCUT2D eigenvalue weighted by Gasteiger charge is 2.32. The number of rotatable bonds is 1. The van der Waals surface area contributed by atoms with Gasteiger partial charge in [-0.05, 0) is 30.7 Å². The van der Waals surface area contributed by atoms with Crippen LogP contribution in [0.4, 0.5) is 4.39 Å². The van der Waals surface area contributed by atoms with Crippen LogP contribution < -0.4 is 17.7 Å². The van der Waals surface area contributed by atoms with Crippen molar-refractivity contribution in [2.75, 3.05) is 13.1 Å². The first kappa shape index (κ1) is 11.4. The number of hydrogen-bond donors (Lipinski definition) is 2. The van der Waals surface area contributed by atoms with E-state index in [9.17, 15) is 9.50 Å². The molecule has 2 N–H and O–H groups in total. The molecule has 1 aliphatic heterocycles. The quantitative estimate of drug-likeness (QED) is 0.570. The molecule has 1 unspecified atom stereocenters. The molecule has 0 bridgehead atoms. The summed E-state index contributed by atoms with van der Waals surface area (Å²) >= 11 is 0. The fraction of sp³-hybridized carbons (Fsp3) is 0.400. The van der Waals surface area contributed by atoms with E-state index in [-0.39, 0.29) is 18.2 Å². The Kier molecular flexibility index (Phi) is 3.48. The molecule has 1 aromatic rings. The lowest BCUT2D eigenvalue weighted by atomic mass is 9.93. The summed E-state index contributed by atoms with van der Waals surface area (Å²) in [4.78, 5) is 0. The van der Waals surface area contributed by atoms with Crippen molar-refractivity contribution in [1.29, 1.82) is 0 Å². The van der Waals surface area contributed by atoms with E-state index < -0.39 is 5.60 Å². The lowest BCUT2D eigenvalue weighted by molar-refractivity contribution is -0.00000993. The third-order valence-corrected chi connectivity index (χ3v) is 2.51. The van der Waals surface area contributed by atoms with Gasteiger partial charge < -0.3 is 22.8 Å². The molecule has 0 saturated carbocycles. The van der Waals surface area contributed by atoms with Crippen LogP contribution in [0.2, 0.25) is 0 Å². The van der Waals surface area contributed by atoms with Gasteiger partial charge >= 0.3 is 0 Å². The smallest absolute Gasteiger partial charge is 0.123 e. The molecule has 14 heavy (non-hydrogen) atoms.